The molecule has 5 aromatic carbocycles. The second kappa shape index (κ2) is 13.0. The molecule has 0 radical (unpaired) electrons. The molecule has 0 aliphatic rings. The molecule has 0 aliphatic heterocycles. The van der Waals surface area contributed by atoms with Crippen LogP contribution in [0.2, 0.25) is 0 Å². The molecular formula is C43H34N4OPt-2. The minimum Gasteiger partial charge on any atom is -0.510 e. The molecule has 0 amide bonds. The fraction of sp³-hybridized carbons (Fsp3) is 0.116. The molecule has 0 saturated heterocycles. The SMILES string of the molecule is Cc1ccc(-c2ccccc2)c(-[n+]2[c-]n(-c3[c-]c(Oc4[c-]c5c(cc4)c4ccccc4n5-c4cc(C(C)(C)C)ccn4)ccc3)cc2)c1.[Pt]. The molecule has 244 valence electrons. The van der Waals surface area contributed by atoms with Crippen LogP contribution in [0.5, 0.6) is 11.5 Å². The van der Waals surface area contributed by atoms with Crippen LogP contribution >= 0.6 is 0 Å². The molecule has 3 heterocycles. The Hall–Kier alpha value is -5.25. The van der Waals surface area contributed by atoms with Gasteiger partial charge in [-0.3, -0.25) is 4.57 Å². The second-order valence-corrected chi connectivity index (χ2v) is 13.1. The Morgan fingerprint density at radius 1 is 0.755 bits per heavy atom. The number of rotatable bonds is 6. The standard InChI is InChI=1S/C43H34N4O.Pt/c1-30-17-19-36(31-11-6-5-7-12-31)40(25-30)46-24-23-45(29-46)33-13-10-14-34(27-33)48-35-18-20-38-37-15-8-9-16-39(37)47(41(38)28-35)42-26-32(21-22-44-42)43(2,3)4;/h5-26H,1-4H3;/q-2;. The van der Waals surface area contributed by atoms with E-state index in [1.54, 1.807) is 0 Å². The van der Waals surface area contributed by atoms with E-state index in [-0.39, 0.29) is 26.5 Å². The maximum Gasteiger partial charge on any atom is 0.267 e. The van der Waals surface area contributed by atoms with Crippen molar-refractivity contribution in [1.82, 2.24) is 14.1 Å². The predicted molar refractivity (Wildman–Crippen MR) is 191 cm³/mol. The van der Waals surface area contributed by atoms with Gasteiger partial charge < -0.3 is 13.9 Å². The van der Waals surface area contributed by atoms with Gasteiger partial charge in [0.15, 0.2) is 0 Å². The maximum atomic E-state index is 6.42. The predicted octanol–water partition coefficient (Wildman–Crippen LogP) is 9.71. The van der Waals surface area contributed by atoms with E-state index < -0.39 is 0 Å². The van der Waals surface area contributed by atoms with Gasteiger partial charge >= 0.3 is 0 Å². The average molecular weight is 818 g/mol. The van der Waals surface area contributed by atoms with Crippen molar-refractivity contribution < 1.29 is 30.4 Å². The second-order valence-electron chi connectivity index (χ2n) is 13.1. The van der Waals surface area contributed by atoms with Crippen molar-refractivity contribution in [1.29, 1.82) is 0 Å². The van der Waals surface area contributed by atoms with E-state index in [1.165, 1.54) is 11.1 Å². The van der Waals surface area contributed by atoms with E-state index in [0.29, 0.717) is 11.5 Å². The maximum absolute atomic E-state index is 6.42. The summed E-state index contributed by atoms with van der Waals surface area (Å²) in [6.07, 6.45) is 9.38. The van der Waals surface area contributed by atoms with Gasteiger partial charge in [-0.1, -0.05) is 92.5 Å². The Balaban J connectivity index is 0.00000378. The van der Waals surface area contributed by atoms with Gasteiger partial charge in [0.1, 0.15) is 5.82 Å². The van der Waals surface area contributed by atoms with Crippen LogP contribution in [-0.2, 0) is 26.5 Å². The van der Waals surface area contributed by atoms with Crippen molar-refractivity contribution in [2.75, 3.05) is 0 Å². The summed E-state index contributed by atoms with van der Waals surface area (Å²) in [5.74, 6) is 2.05. The third kappa shape index (κ3) is 6.23. The van der Waals surface area contributed by atoms with Crippen LogP contribution in [-0.4, -0.2) is 14.1 Å². The number of aryl methyl sites for hydroxylation is 1. The summed E-state index contributed by atoms with van der Waals surface area (Å²) >= 11 is 0. The topological polar surface area (TPSA) is 35.9 Å². The summed E-state index contributed by atoms with van der Waals surface area (Å²) in [6.45, 7) is 8.76. The number of ether oxygens (including phenoxy) is 1. The minimum absolute atomic E-state index is 0. The van der Waals surface area contributed by atoms with Crippen LogP contribution in [0.25, 0.3) is 50.1 Å². The molecular weight excluding hydrogens is 784 g/mol. The first-order chi connectivity index (χ1) is 23.3. The Labute approximate surface area is 301 Å². The van der Waals surface area contributed by atoms with E-state index in [4.69, 9.17) is 9.72 Å². The van der Waals surface area contributed by atoms with Crippen LogP contribution in [0.15, 0.2) is 134 Å². The number of aromatic nitrogens is 4. The molecule has 6 heteroatoms. The van der Waals surface area contributed by atoms with Gasteiger partial charge in [0, 0.05) is 56.7 Å². The van der Waals surface area contributed by atoms with Crippen molar-refractivity contribution in [3.05, 3.63) is 163 Å². The van der Waals surface area contributed by atoms with Crippen molar-refractivity contribution >= 4 is 21.8 Å². The minimum atomic E-state index is -0.00404. The molecule has 0 aliphatic carbocycles. The van der Waals surface area contributed by atoms with Crippen LogP contribution in [0.3, 0.4) is 0 Å². The smallest absolute Gasteiger partial charge is 0.267 e. The van der Waals surface area contributed by atoms with Crippen LogP contribution in [0, 0.1) is 25.4 Å². The van der Waals surface area contributed by atoms with Gasteiger partial charge in [0.25, 0.3) is 6.33 Å². The van der Waals surface area contributed by atoms with Crippen molar-refractivity contribution in [2.24, 2.45) is 0 Å². The summed E-state index contributed by atoms with van der Waals surface area (Å²) in [5.41, 5.74) is 8.58. The number of para-hydroxylation sites is 1. The van der Waals surface area contributed by atoms with Gasteiger partial charge in [0.2, 0.25) is 0 Å². The van der Waals surface area contributed by atoms with Gasteiger partial charge in [-0.05, 0) is 64.4 Å². The zero-order chi connectivity index (χ0) is 32.8. The van der Waals surface area contributed by atoms with Crippen LogP contribution < -0.4 is 9.30 Å². The molecule has 5 nitrogen and oxygen atoms in total. The normalized spacial score (nSPS) is 11.5. The Morgan fingerprint density at radius 3 is 2.39 bits per heavy atom. The van der Waals surface area contributed by atoms with Crippen LogP contribution in [0.4, 0.5) is 0 Å². The fourth-order valence-electron chi connectivity index (χ4n) is 6.22. The number of fused-ring (bicyclic) bond motifs is 3. The molecule has 49 heavy (non-hydrogen) atoms. The number of imidazole rings is 1. The van der Waals surface area contributed by atoms with Crippen molar-refractivity contribution in [2.45, 2.75) is 33.1 Å². The molecule has 0 N–H and O–H groups in total. The Kier molecular flexibility index (Phi) is 8.56. The molecule has 3 aromatic heterocycles. The molecule has 0 saturated carbocycles. The van der Waals surface area contributed by atoms with E-state index in [9.17, 15) is 0 Å². The zero-order valence-corrected chi connectivity index (χ0v) is 30.0. The number of pyridine rings is 1. The van der Waals surface area contributed by atoms with E-state index in [2.05, 4.69) is 136 Å². The van der Waals surface area contributed by atoms with E-state index >= 15 is 0 Å². The summed E-state index contributed by atoms with van der Waals surface area (Å²) in [7, 11) is 0. The quantitative estimate of drug-likeness (QED) is 0.124. The molecule has 0 unspecified atom stereocenters. The van der Waals surface area contributed by atoms with Gasteiger partial charge in [0.05, 0.1) is 5.69 Å². The van der Waals surface area contributed by atoms with Gasteiger partial charge in [-0.25, -0.2) is 4.98 Å². The summed E-state index contributed by atoms with van der Waals surface area (Å²) in [6, 6.07) is 46.6. The van der Waals surface area contributed by atoms with Crippen molar-refractivity contribution in [3.63, 3.8) is 0 Å². The van der Waals surface area contributed by atoms with E-state index in [0.717, 1.165) is 50.1 Å². The molecule has 0 fully saturated rings. The number of hydrogen-bond acceptors (Lipinski definition) is 2. The first kappa shape index (κ1) is 32.3. The molecule has 8 rings (SSSR count). The first-order valence-electron chi connectivity index (χ1n) is 16.1. The fourth-order valence-corrected chi connectivity index (χ4v) is 6.22. The summed E-state index contributed by atoms with van der Waals surface area (Å²) in [4.78, 5) is 4.79. The summed E-state index contributed by atoms with van der Waals surface area (Å²) < 4.78 is 12.6. The molecule has 8 aromatic rings. The molecule has 0 spiro atoms. The third-order valence-electron chi connectivity index (χ3n) is 8.71. The summed E-state index contributed by atoms with van der Waals surface area (Å²) in [5, 5.41) is 2.24. The van der Waals surface area contributed by atoms with Crippen LogP contribution in [0.1, 0.15) is 31.9 Å². The first-order valence-corrected chi connectivity index (χ1v) is 16.1. The monoisotopic (exact) mass is 817 g/mol. The van der Waals surface area contributed by atoms with E-state index in [1.807, 2.05) is 58.1 Å². The van der Waals surface area contributed by atoms with Gasteiger partial charge in [-0.2, -0.15) is 18.2 Å². The largest absolute Gasteiger partial charge is 0.510 e. The van der Waals surface area contributed by atoms with Crippen molar-refractivity contribution in [3.8, 4) is 39.8 Å². The average Bonchev–Trinajstić information content (AvgIpc) is 3.72. The third-order valence-corrected chi connectivity index (χ3v) is 8.71. The zero-order valence-electron chi connectivity index (χ0n) is 27.7. The number of hydrogen-bond donors (Lipinski definition) is 0. The van der Waals surface area contributed by atoms with Gasteiger partial charge in [-0.15, -0.1) is 29.7 Å². The number of benzene rings is 5. The molecule has 0 atom stereocenters. The number of nitrogens with zero attached hydrogens (tertiary/aromatic N) is 4. The molecule has 0 bridgehead atoms. The Morgan fingerprint density at radius 2 is 1.55 bits per heavy atom. The Bertz CT molecular complexity index is 2440.